The number of phosphoric ester groups is 2. The van der Waals surface area contributed by atoms with Crippen molar-refractivity contribution >= 4 is 39.5 Å². The molecule has 0 aliphatic carbocycles. The maximum Gasteiger partial charge on any atom is 0.472 e. The highest BCUT2D eigenvalue weighted by Gasteiger charge is 2.30. The molecular formula is C83H136O17P2. The van der Waals surface area contributed by atoms with E-state index in [9.17, 15) is 43.2 Å². The van der Waals surface area contributed by atoms with Gasteiger partial charge in [0, 0.05) is 19.3 Å². The highest BCUT2D eigenvalue weighted by atomic mass is 31.2. The number of hydrogen-bond donors (Lipinski definition) is 3. The third-order valence-corrected chi connectivity index (χ3v) is 17.4. The number of phosphoric acid groups is 2. The number of carbonyl (C=O) groups is 4. The van der Waals surface area contributed by atoms with Crippen molar-refractivity contribution in [2.24, 2.45) is 0 Å². The molecule has 0 saturated heterocycles. The van der Waals surface area contributed by atoms with Gasteiger partial charge in [0.05, 0.1) is 32.8 Å². The molecule has 0 aromatic heterocycles. The third kappa shape index (κ3) is 73.0. The SMILES string of the molecule is CC/C=C\C/C=C\C/C=C\C/C=C\C/C=C\CC(=O)OC(COC(=O)CCCCCC/C=C\C/C=C\C/C=C\C/C=C\CC)COP(=O)(O)OCC(O)COP(=O)(O)OCC(COC(=O)CCCCCCCC/C=C\C/C=C\C/C=C\CCCCC)OC(=O)CCCCCCC/C=C\CCCC. The van der Waals surface area contributed by atoms with Crippen LogP contribution in [0.5, 0.6) is 0 Å². The Morgan fingerprint density at radius 3 is 0.912 bits per heavy atom. The summed E-state index contributed by atoms with van der Waals surface area (Å²) in [5.74, 6) is -2.39. The van der Waals surface area contributed by atoms with Gasteiger partial charge in [-0.05, 0) is 148 Å². The minimum absolute atomic E-state index is 0.0740. The van der Waals surface area contributed by atoms with Crippen LogP contribution >= 0.6 is 15.6 Å². The van der Waals surface area contributed by atoms with Gasteiger partial charge in [-0.25, -0.2) is 9.13 Å². The van der Waals surface area contributed by atoms with Gasteiger partial charge in [-0.1, -0.05) is 269 Å². The summed E-state index contributed by atoms with van der Waals surface area (Å²) in [6.45, 7) is 4.39. The number of esters is 4. The molecule has 0 bridgehead atoms. The molecule has 17 nitrogen and oxygen atoms in total. The summed E-state index contributed by atoms with van der Waals surface area (Å²) in [5.41, 5.74) is 0. The van der Waals surface area contributed by atoms with E-state index >= 15 is 0 Å². The maximum absolute atomic E-state index is 13.1. The second kappa shape index (κ2) is 74.0. The minimum Gasteiger partial charge on any atom is -0.462 e. The molecule has 102 heavy (non-hydrogen) atoms. The molecule has 5 atom stereocenters. The van der Waals surface area contributed by atoms with E-state index in [-0.39, 0.29) is 25.7 Å². The molecule has 0 aliphatic heterocycles. The van der Waals surface area contributed by atoms with Crippen LogP contribution in [0, 0.1) is 0 Å². The monoisotopic (exact) mass is 1470 g/mol. The summed E-state index contributed by atoms with van der Waals surface area (Å²) in [6.07, 6.45) is 85.5. The highest BCUT2D eigenvalue weighted by Crippen LogP contribution is 2.45. The summed E-state index contributed by atoms with van der Waals surface area (Å²) in [4.78, 5) is 72.8. The van der Waals surface area contributed by atoms with E-state index in [2.05, 4.69) is 161 Å². The van der Waals surface area contributed by atoms with Gasteiger partial charge in [-0.2, -0.15) is 0 Å². The van der Waals surface area contributed by atoms with Crippen LogP contribution in [0.4, 0.5) is 0 Å². The molecule has 0 fully saturated rings. The Hall–Kier alpha value is -5.32. The molecule has 3 N–H and O–H groups in total. The summed E-state index contributed by atoms with van der Waals surface area (Å²) >= 11 is 0. The van der Waals surface area contributed by atoms with E-state index in [1.165, 1.54) is 32.1 Å². The minimum atomic E-state index is -5.01. The molecule has 0 heterocycles. The summed E-state index contributed by atoms with van der Waals surface area (Å²) in [6, 6.07) is 0. The van der Waals surface area contributed by atoms with E-state index in [1.807, 2.05) is 12.2 Å². The summed E-state index contributed by atoms with van der Waals surface area (Å²) in [5, 5.41) is 10.6. The first kappa shape index (κ1) is 96.7. The maximum atomic E-state index is 13.1. The second-order valence-corrected chi connectivity index (χ2v) is 28.1. The zero-order valence-electron chi connectivity index (χ0n) is 63.2. The van der Waals surface area contributed by atoms with Crippen LogP contribution < -0.4 is 0 Å². The van der Waals surface area contributed by atoms with Crippen molar-refractivity contribution in [1.29, 1.82) is 0 Å². The van der Waals surface area contributed by atoms with Crippen LogP contribution in [0.15, 0.2) is 158 Å². The smallest absolute Gasteiger partial charge is 0.462 e. The molecule has 0 rings (SSSR count). The van der Waals surface area contributed by atoms with Crippen LogP contribution in [0.2, 0.25) is 0 Å². The van der Waals surface area contributed by atoms with Gasteiger partial charge in [0.2, 0.25) is 0 Å². The third-order valence-electron chi connectivity index (χ3n) is 15.5. The van der Waals surface area contributed by atoms with Crippen LogP contribution in [0.3, 0.4) is 0 Å². The molecule has 580 valence electrons. The normalized spacial score (nSPS) is 14.8. The van der Waals surface area contributed by atoms with Gasteiger partial charge in [0.15, 0.2) is 12.2 Å². The Morgan fingerprint density at radius 1 is 0.294 bits per heavy atom. The lowest BCUT2D eigenvalue weighted by molar-refractivity contribution is -0.161. The van der Waals surface area contributed by atoms with Crippen molar-refractivity contribution in [3.05, 3.63) is 158 Å². The fraction of sp³-hybridized carbons (Fsp3) is 0.639. The van der Waals surface area contributed by atoms with E-state index in [1.54, 1.807) is 12.2 Å². The number of hydrogen-bond acceptors (Lipinski definition) is 15. The predicted molar refractivity (Wildman–Crippen MR) is 417 cm³/mol. The number of carbonyl (C=O) groups excluding carboxylic acids is 4. The van der Waals surface area contributed by atoms with Gasteiger partial charge in [0.25, 0.3) is 0 Å². The average molecular weight is 1470 g/mol. The van der Waals surface area contributed by atoms with Crippen LogP contribution in [-0.4, -0.2) is 96.7 Å². The lowest BCUT2D eigenvalue weighted by atomic mass is 10.1. The molecule has 19 heteroatoms. The number of unbranched alkanes of at least 4 members (excludes halogenated alkanes) is 20. The first-order valence-corrected chi connectivity index (χ1v) is 41.7. The van der Waals surface area contributed by atoms with Gasteiger partial charge in [0.1, 0.15) is 19.3 Å². The zero-order valence-corrected chi connectivity index (χ0v) is 65.0. The largest absolute Gasteiger partial charge is 0.472 e. The average Bonchev–Trinajstić information content (AvgIpc) is 0.925. The van der Waals surface area contributed by atoms with Crippen molar-refractivity contribution in [2.45, 2.75) is 303 Å². The lowest BCUT2D eigenvalue weighted by Gasteiger charge is -2.21. The van der Waals surface area contributed by atoms with Gasteiger partial charge < -0.3 is 33.8 Å². The van der Waals surface area contributed by atoms with Crippen LogP contribution in [-0.2, 0) is 65.4 Å². The van der Waals surface area contributed by atoms with E-state index in [0.717, 1.165) is 173 Å². The van der Waals surface area contributed by atoms with Gasteiger partial charge >= 0.3 is 39.5 Å². The summed E-state index contributed by atoms with van der Waals surface area (Å²) in [7, 11) is -10.0. The lowest BCUT2D eigenvalue weighted by Crippen LogP contribution is -2.30. The molecule has 5 unspecified atom stereocenters. The van der Waals surface area contributed by atoms with Crippen molar-refractivity contribution in [3.63, 3.8) is 0 Å². The van der Waals surface area contributed by atoms with Gasteiger partial charge in [-0.3, -0.25) is 37.3 Å². The van der Waals surface area contributed by atoms with Crippen molar-refractivity contribution in [2.75, 3.05) is 39.6 Å². The Kier molecular flexibility index (Phi) is 70.1. The molecule has 0 spiro atoms. The molecule has 0 amide bonds. The molecule has 0 aliphatic rings. The fourth-order valence-electron chi connectivity index (χ4n) is 9.63. The quantitative estimate of drug-likeness (QED) is 0.0169. The molecule has 0 radical (unpaired) electrons. The Labute approximate surface area is 617 Å². The molecule has 0 aromatic rings. The molecule has 0 saturated carbocycles. The van der Waals surface area contributed by atoms with Crippen LogP contribution in [0.25, 0.3) is 0 Å². The van der Waals surface area contributed by atoms with Crippen LogP contribution in [0.1, 0.15) is 285 Å². The van der Waals surface area contributed by atoms with E-state index in [4.69, 9.17) is 37.0 Å². The number of ether oxygens (including phenoxy) is 4. The Bertz CT molecular complexity index is 2550. The predicted octanol–water partition coefficient (Wildman–Crippen LogP) is 22.4. The van der Waals surface area contributed by atoms with Crippen molar-refractivity contribution in [1.82, 2.24) is 0 Å². The first-order chi connectivity index (χ1) is 49.7. The Morgan fingerprint density at radius 2 is 0.559 bits per heavy atom. The van der Waals surface area contributed by atoms with E-state index in [0.29, 0.717) is 25.7 Å². The number of rotatable bonds is 71. The molecule has 0 aromatic carbocycles. The van der Waals surface area contributed by atoms with E-state index < -0.39 is 97.5 Å². The standard InChI is InChI=1S/C83H136O17P2/c1-5-9-13-17-21-25-29-32-35-37-38-40-43-45-49-52-56-60-64-68-80(85)93-73-78(99-82(87)69-65-61-57-53-47-28-24-20-16-12-8-4)75-97-101(89,90)95-71-77(84)72-96-102(91,92)98-76-79(100-83(88)70-66-62-58-54-50-46-41-34-31-27-23-19-15-11-7-3)74-94-81(86)67-63-59-55-51-48-44-42-39-36-33-30-26-22-18-14-10-6-2/h10-11,14-15,20-27,32-36,38,40-42,44,50,54,62,66,77-79,84H,5-9,12-13,16-19,28-31,37,39,43,45-49,51-53,55-61,63-65,67-76H2,1-4H3,(H,89,90)(H,91,92)/b14-10-,15-11-,24-20-,25-21-,26-22-,27-23-,35-32-,36-33-,40-38-,41-34-,44-42-,54-50-,66-62-. The Balaban J connectivity index is 5.42. The summed E-state index contributed by atoms with van der Waals surface area (Å²) < 4.78 is 68.3. The number of aliphatic hydroxyl groups is 1. The molecular weight excluding hydrogens is 1330 g/mol. The number of aliphatic hydroxyl groups excluding tert-OH is 1. The topological polar surface area (TPSA) is 237 Å². The first-order valence-electron chi connectivity index (χ1n) is 38.7. The fourth-order valence-corrected chi connectivity index (χ4v) is 11.2. The van der Waals surface area contributed by atoms with Crippen molar-refractivity contribution < 1.29 is 80.2 Å². The highest BCUT2D eigenvalue weighted by molar-refractivity contribution is 7.47. The second-order valence-electron chi connectivity index (χ2n) is 25.2. The number of allylic oxidation sites excluding steroid dienone is 25. The van der Waals surface area contributed by atoms with Crippen molar-refractivity contribution in [3.8, 4) is 0 Å². The van der Waals surface area contributed by atoms with Gasteiger partial charge in [-0.15, -0.1) is 0 Å². The zero-order chi connectivity index (χ0) is 74.6.